The molecule has 0 bridgehead atoms. The Hall–Kier alpha value is -1.88. The third kappa shape index (κ3) is 3.63. The second kappa shape index (κ2) is 7.78. The lowest BCUT2D eigenvalue weighted by Gasteiger charge is -2.32. The van der Waals surface area contributed by atoms with Gasteiger partial charge in [0.1, 0.15) is 0 Å². The number of carbonyl (C=O) groups excluding carboxylic acids is 2. The van der Waals surface area contributed by atoms with Gasteiger partial charge in [-0.3, -0.25) is 14.8 Å². The van der Waals surface area contributed by atoms with Crippen LogP contribution in [-0.2, 0) is 15.0 Å². The SMILES string of the molecule is Cc1ccc(C2(C)CCN(CC(C(=O)NO)C3CCCCC3)C2=O)cc1. The van der Waals surface area contributed by atoms with Crippen LogP contribution in [0.25, 0.3) is 0 Å². The van der Waals surface area contributed by atoms with Crippen molar-refractivity contribution in [1.29, 1.82) is 0 Å². The number of benzene rings is 1. The normalized spacial score (nSPS) is 25.3. The summed E-state index contributed by atoms with van der Waals surface area (Å²) in [6.45, 7) is 5.10. The van der Waals surface area contributed by atoms with Gasteiger partial charge in [-0.15, -0.1) is 0 Å². The van der Waals surface area contributed by atoms with Gasteiger partial charge in [-0.05, 0) is 44.6 Å². The van der Waals surface area contributed by atoms with Crippen LogP contribution in [0.2, 0.25) is 0 Å². The maximum Gasteiger partial charge on any atom is 0.248 e. The lowest BCUT2D eigenvalue weighted by molar-refractivity contribution is -0.139. The van der Waals surface area contributed by atoms with Crippen LogP contribution < -0.4 is 5.48 Å². The van der Waals surface area contributed by atoms with Crippen LogP contribution >= 0.6 is 0 Å². The first kappa shape index (κ1) is 18.9. The molecule has 1 aliphatic heterocycles. The Labute approximate surface area is 155 Å². The fourth-order valence-corrected chi connectivity index (χ4v) is 4.58. The van der Waals surface area contributed by atoms with Crippen molar-refractivity contribution in [2.45, 2.75) is 57.8 Å². The highest BCUT2D eigenvalue weighted by molar-refractivity contribution is 5.90. The summed E-state index contributed by atoms with van der Waals surface area (Å²) in [5.41, 5.74) is 3.52. The number of carbonyl (C=O) groups is 2. The number of hydroxylamine groups is 1. The van der Waals surface area contributed by atoms with Crippen molar-refractivity contribution in [1.82, 2.24) is 10.4 Å². The molecule has 1 aromatic rings. The van der Waals surface area contributed by atoms with E-state index in [0.29, 0.717) is 13.1 Å². The smallest absolute Gasteiger partial charge is 0.248 e. The van der Waals surface area contributed by atoms with E-state index in [1.54, 1.807) is 0 Å². The number of nitrogens with one attached hydrogen (secondary N) is 1. The van der Waals surface area contributed by atoms with Gasteiger partial charge in [-0.25, -0.2) is 5.48 Å². The van der Waals surface area contributed by atoms with E-state index in [9.17, 15) is 14.8 Å². The Balaban J connectivity index is 1.75. The first-order valence-electron chi connectivity index (χ1n) is 9.76. The monoisotopic (exact) mass is 358 g/mol. The Morgan fingerprint density at radius 3 is 2.54 bits per heavy atom. The summed E-state index contributed by atoms with van der Waals surface area (Å²) in [6, 6.07) is 8.16. The predicted octanol–water partition coefficient (Wildman–Crippen LogP) is 3.19. The Morgan fingerprint density at radius 2 is 1.92 bits per heavy atom. The number of hydrogen-bond donors (Lipinski definition) is 2. The van der Waals surface area contributed by atoms with Gasteiger partial charge in [0.2, 0.25) is 11.8 Å². The molecule has 1 aliphatic carbocycles. The summed E-state index contributed by atoms with van der Waals surface area (Å²) < 4.78 is 0. The Morgan fingerprint density at radius 1 is 1.27 bits per heavy atom. The zero-order valence-electron chi connectivity index (χ0n) is 15.8. The molecule has 3 rings (SSSR count). The van der Waals surface area contributed by atoms with E-state index < -0.39 is 5.41 Å². The van der Waals surface area contributed by atoms with Gasteiger partial charge in [-0.1, -0.05) is 49.1 Å². The van der Waals surface area contributed by atoms with Crippen molar-refractivity contribution >= 4 is 11.8 Å². The average molecular weight is 358 g/mol. The van der Waals surface area contributed by atoms with Crippen molar-refractivity contribution in [2.24, 2.45) is 11.8 Å². The number of aryl methyl sites for hydroxylation is 1. The first-order chi connectivity index (χ1) is 12.5. The third-order valence-electron chi connectivity index (χ3n) is 6.41. The lowest BCUT2D eigenvalue weighted by atomic mass is 9.79. The van der Waals surface area contributed by atoms with Crippen LogP contribution in [0.15, 0.2) is 24.3 Å². The van der Waals surface area contributed by atoms with Crippen molar-refractivity contribution in [2.75, 3.05) is 13.1 Å². The molecule has 0 spiro atoms. The molecule has 1 aromatic carbocycles. The second-order valence-electron chi connectivity index (χ2n) is 8.18. The highest BCUT2D eigenvalue weighted by Crippen LogP contribution is 2.37. The molecule has 2 N–H and O–H groups in total. The van der Waals surface area contributed by atoms with Gasteiger partial charge in [0.05, 0.1) is 11.3 Å². The Bertz CT molecular complexity index is 652. The van der Waals surface area contributed by atoms with Crippen molar-refractivity contribution < 1.29 is 14.8 Å². The highest BCUT2D eigenvalue weighted by atomic mass is 16.5. The largest absolute Gasteiger partial charge is 0.341 e. The molecule has 2 aliphatic rings. The summed E-state index contributed by atoms with van der Waals surface area (Å²) in [4.78, 5) is 27.3. The maximum atomic E-state index is 13.2. The molecule has 1 saturated carbocycles. The molecule has 2 amide bonds. The molecular formula is C21H30N2O3. The minimum absolute atomic E-state index is 0.0907. The van der Waals surface area contributed by atoms with E-state index >= 15 is 0 Å². The van der Waals surface area contributed by atoms with Gasteiger partial charge >= 0.3 is 0 Å². The van der Waals surface area contributed by atoms with Crippen LogP contribution in [0.4, 0.5) is 0 Å². The zero-order valence-corrected chi connectivity index (χ0v) is 15.8. The number of hydrogen-bond acceptors (Lipinski definition) is 3. The lowest BCUT2D eigenvalue weighted by Crippen LogP contribution is -2.44. The zero-order chi connectivity index (χ0) is 18.7. The highest BCUT2D eigenvalue weighted by Gasteiger charge is 2.45. The number of amides is 2. The van der Waals surface area contributed by atoms with E-state index in [-0.39, 0.29) is 23.7 Å². The van der Waals surface area contributed by atoms with Crippen LogP contribution in [0.1, 0.15) is 56.6 Å². The van der Waals surface area contributed by atoms with E-state index in [1.165, 1.54) is 12.0 Å². The molecule has 1 heterocycles. The topological polar surface area (TPSA) is 69.6 Å². The Kier molecular flexibility index (Phi) is 5.66. The van der Waals surface area contributed by atoms with Crippen LogP contribution in [-0.4, -0.2) is 35.0 Å². The van der Waals surface area contributed by atoms with Crippen LogP contribution in [0.3, 0.4) is 0 Å². The molecule has 2 fully saturated rings. The number of likely N-dealkylation sites (tertiary alicyclic amines) is 1. The number of nitrogens with zero attached hydrogens (tertiary/aromatic N) is 1. The number of rotatable bonds is 5. The van der Waals surface area contributed by atoms with E-state index in [1.807, 2.05) is 48.5 Å². The van der Waals surface area contributed by atoms with E-state index in [0.717, 1.165) is 37.7 Å². The summed E-state index contributed by atoms with van der Waals surface area (Å²) >= 11 is 0. The minimum atomic E-state index is -0.527. The van der Waals surface area contributed by atoms with Gasteiger partial charge < -0.3 is 4.90 Å². The molecule has 2 unspecified atom stereocenters. The predicted molar refractivity (Wildman–Crippen MR) is 99.7 cm³/mol. The van der Waals surface area contributed by atoms with E-state index in [2.05, 4.69) is 0 Å². The summed E-state index contributed by atoms with van der Waals surface area (Å²) in [6.07, 6.45) is 6.19. The molecule has 0 aromatic heterocycles. The first-order valence-corrected chi connectivity index (χ1v) is 9.76. The standard InChI is InChI=1S/C21H30N2O3/c1-15-8-10-17(11-9-15)21(2)12-13-23(20(21)25)14-18(19(24)22-26)16-6-4-3-5-7-16/h8-11,16,18,26H,3-7,12-14H2,1-2H3,(H,22,24). The van der Waals surface area contributed by atoms with Crippen LogP contribution in [0, 0.1) is 18.8 Å². The summed E-state index contributed by atoms with van der Waals surface area (Å²) in [7, 11) is 0. The summed E-state index contributed by atoms with van der Waals surface area (Å²) in [5.74, 6) is -0.346. The quantitative estimate of drug-likeness (QED) is 0.627. The minimum Gasteiger partial charge on any atom is -0.341 e. The molecule has 5 heteroatoms. The van der Waals surface area contributed by atoms with Gasteiger partial charge in [0.25, 0.3) is 0 Å². The fourth-order valence-electron chi connectivity index (χ4n) is 4.58. The van der Waals surface area contributed by atoms with Gasteiger partial charge in [0.15, 0.2) is 0 Å². The van der Waals surface area contributed by atoms with Crippen molar-refractivity contribution in [3.8, 4) is 0 Å². The summed E-state index contributed by atoms with van der Waals surface area (Å²) in [5, 5.41) is 9.18. The molecule has 1 saturated heterocycles. The maximum absolute atomic E-state index is 13.2. The fraction of sp³-hybridized carbons (Fsp3) is 0.619. The average Bonchev–Trinajstić information content (AvgIpc) is 2.96. The van der Waals surface area contributed by atoms with Crippen molar-refractivity contribution in [3.63, 3.8) is 0 Å². The molecular weight excluding hydrogens is 328 g/mol. The van der Waals surface area contributed by atoms with E-state index in [4.69, 9.17) is 0 Å². The molecule has 142 valence electrons. The third-order valence-corrected chi connectivity index (χ3v) is 6.41. The van der Waals surface area contributed by atoms with Gasteiger partial charge in [0, 0.05) is 13.1 Å². The van der Waals surface area contributed by atoms with Crippen LogP contribution in [0.5, 0.6) is 0 Å². The molecule has 5 nitrogen and oxygen atoms in total. The molecule has 2 atom stereocenters. The van der Waals surface area contributed by atoms with Gasteiger partial charge in [-0.2, -0.15) is 0 Å². The molecule has 26 heavy (non-hydrogen) atoms. The van der Waals surface area contributed by atoms with Crippen molar-refractivity contribution in [3.05, 3.63) is 35.4 Å². The second-order valence-corrected chi connectivity index (χ2v) is 8.18. The molecule has 0 radical (unpaired) electrons.